The summed E-state index contributed by atoms with van der Waals surface area (Å²) in [7, 11) is 2.12. The van der Waals surface area contributed by atoms with Gasteiger partial charge in [0.2, 0.25) is 0 Å². The first-order valence-electron chi connectivity index (χ1n) is 8.38. The number of benzene rings is 1. The number of hydrogen-bond donors (Lipinski definition) is 1. The van der Waals surface area contributed by atoms with E-state index in [1.807, 2.05) is 12.3 Å². The summed E-state index contributed by atoms with van der Waals surface area (Å²) in [5.74, 6) is 0. The van der Waals surface area contributed by atoms with Gasteiger partial charge < -0.3 is 10.0 Å². The monoisotopic (exact) mass is 314 g/mol. The Balaban J connectivity index is 1.53. The third-order valence-electron chi connectivity index (χ3n) is 4.60. The van der Waals surface area contributed by atoms with Crippen molar-refractivity contribution >= 4 is 5.69 Å². The van der Waals surface area contributed by atoms with Crippen molar-refractivity contribution in [3.63, 3.8) is 0 Å². The van der Waals surface area contributed by atoms with Gasteiger partial charge in [0, 0.05) is 43.8 Å². The van der Waals surface area contributed by atoms with Gasteiger partial charge in [0.15, 0.2) is 0 Å². The highest BCUT2D eigenvalue weighted by Gasteiger charge is 2.24. The average molecular weight is 314 g/mol. The highest BCUT2D eigenvalue weighted by Crippen LogP contribution is 2.21. The maximum Gasteiger partial charge on any atom is 0.0862 e. The van der Waals surface area contributed by atoms with Crippen molar-refractivity contribution in [1.29, 1.82) is 0 Å². The molecule has 1 aromatic heterocycles. The first-order chi connectivity index (χ1) is 11.2. The Labute approximate surface area is 138 Å². The number of likely N-dealkylation sites (N-methyl/N-ethyl adjacent to an activating group) is 1. The molecule has 0 saturated carbocycles. The SMILES string of the molecule is CN(C[C@H](O)Cn1cccn1)[C@@H]1CCCN(c2ccccc2)C1. The molecule has 1 aliphatic rings. The molecule has 1 fully saturated rings. The van der Waals surface area contributed by atoms with Gasteiger partial charge in [0.05, 0.1) is 12.6 Å². The predicted molar refractivity (Wildman–Crippen MR) is 92.5 cm³/mol. The Hall–Kier alpha value is -1.85. The summed E-state index contributed by atoms with van der Waals surface area (Å²) in [6.45, 7) is 3.36. The molecule has 1 N–H and O–H groups in total. The van der Waals surface area contributed by atoms with Crippen LogP contribution in [0.15, 0.2) is 48.8 Å². The molecule has 2 atom stereocenters. The van der Waals surface area contributed by atoms with Crippen LogP contribution in [0, 0.1) is 0 Å². The Bertz CT molecular complexity index is 572. The van der Waals surface area contributed by atoms with Gasteiger partial charge in [-0.2, -0.15) is 5.10 Å². The van der Waals surface area contributed by atoms with Crippen molar-refractivity contribution in [2.24, 2.45) is 0 Å². The summed E-state index contributed by atoms with van der Waals surface area (Å²) < 4.78 is 1.79. The maximum absolute atomic E-state index is 10.3. The van der Waals surface area contributed by atoms with Gasteiger partial charge in [-0.1, -0.05) is 18.2 Å². The highest BCUT2D eigenvalue weighted by atomic mass is 16.3. The molecule has 1 aliphatic heterocycles. The Kier molecular flexibility index (Phi) is 5.31. The minimum Gasteiger partial charge on any atom is -0.390 e. The minimum absolute atomic E-state index is 0.396. The van der Waals surface area contributed by atoms with E-state index >= 15 is 0 Å². The van der Waals surface area contributed by atoms with Crippen molar-refractivity contribution < 1.29 is 5.11 Å². The maximum atomic E-state index is 10.3. The lowest BCUT2D eigenvalue weighted by atomic mass is 10.0. The van der Waals surface area contributed by atoms with E-state index in [4.69, 9.17) is 0 Å². The molecule has 0 bridgehead atoms. The van der Waals surface area contributed by atoms with Gasteiger partial charge in [0.1, 0.15) is 0 Å². The molecule has 2 aromatic rings. The molecule has 0 amide bonds. The molecule has 3 rings (SSSR count). The molecular formula is C18H26N4O. The number of aliphatic hydroxyl groups is 1. The zero-order chi connectivity index (χ0) is 16.1. The van der Waals surface area contributed by atoms with Gasteiger partial charge in [0.25, 0.3) is 0 Å². The van der Waals surface area contributed by atoms with Gasteiger partial charge >= 0.3 is 0 Å². The first-order valence-corrected chi connectivity index (χ1v) is 8.38. The molecule has 124 valence electrons. The quantitative estimate of drug-likeness (QED) is 0.884. The lowest BCUT2D eigenvalue weighted by Crippen LogP contribution is -2.49. The molecule has 0 aliphatic carbocycles. The van der Waals surface area contributed by atoms with Gasteiger partial charge in [-0.05, 0) is 38.1 Å². The lowest BCUT2D eigenvalue weighted by Gasteiger charge is -2.39. The van der Waals surface area contributed by atoms with E-state index in [1.54, 1.807) is 10.9 Å². The second-order valence-electron chi connectivity index (χ2n) is 6.40. The van der Waals surface area contributed by atoms with E-state index in [2.05, 4.69) is 52.3 Å². The van der Waals surface area contributed by atoms with Crippen LogP contribution in [0.5, 0.6) is 0 Å². The Morgan fingerprint density at radius 2 is 2.13 bits per heavy atom. The summed E-state index contributed by atoms with van der Waals surface area (Å²) in [6, 6.07) is 13.0. The molecule has 2 heterocycles. The average Bonchev–Trinajstić information content (AvgIpc) is 3.08. The largest absolute Gasteiger partial charge is 0.390 e. The molecule has 1 aromatic carbocycles. The molecule has 0 radical (unpaired) electrons. The number of aliphatic hydroxyl groups excluding tert-OH is 1. The van der Waals surface area contributed by atoms with Crippen LogP contribution in [0.25, 0.3) is 0 Å². The molecule has 1 saturated heterocycles. The number of anilines is 1. The van der Waals surface area contributed by atoms with Crippen LogP contribution in [0.2, 0.25) is 0 Å². The van der Waals surface area contributed by atoms with E-state index in [1.165, 1.54) is 18.5 Å². The molecule has 23 heavy (non-hydrogen) atoms. The van der Waals surface area contributed by atoms with Gasteiger partial charge in [-0.25, -0.2) is 0 Å². The van der Waals surface area contributed by atoms with Crippen molar-refractivity contribution in [3.05, 3.63) is 48.8 Å². The van der Waals surface area contributed by atoms with E-state index in [9.17, 15) is 5.11 Å². The molecule has 0 spiro atoms. The fourth-order valence-electron chi connectivity index (χ4n) is 3.35. The fourth-order valence-corrected chi connectivity index (χ4v) is 3.35. The van der Waals surface area contributed by atoms with Crippen LogP contribution in [-0.4, -0.2) is 58.6 Å². The number of hydrogen-bond acceptors (Lipinski definition) is 4. The number of aromatic nitrogens is 2. The van der Waals surface area contributed by atoms with E-state index in [-0.39, 0.29) is 0 Å². The molecular weight excluding hydrogens is 288 g/mol. The standard InChI is InChI=1S/C18H26N4O/c1-20(14-18(23)15-22-12-6-10-19-22)17-9-5-11-21(13-17)16-7-3-2-4-8-16/h2-4,6-8,10,12,17-18,23H,5,9,11,13-15H2,1H3/t17-,18+/m1/s1. The topological polar surface area (TPSA) is 44.5 Å². The van der Waals surface area contributed by atoms with Crippen molar-refractivity contribution in [2.45, 2.75) is 31.5 Å². The second kappa shape index (κ2) is 7.62. The number of para-hydroxylation sites is 1. The summed E-state index contributed by atoms with van der Waals surface area (Å²) in [4.78, 5) is 4.74. The molecule has 5 heteroatoms. The van der Waals surface area contributed by atoms with Crippen LogP contribution >= 0.6 is 0 Å². The number of nitrogens with zero attached hydrogens (tertiary/aromatic N) is 4. The van der Waals surface area contributed by atoms with Crippen LogP contribution in [0.4, 0.5) is 5.69 Å². The molecule has 0 unspecified atom stereocenters. The van der Waals surface area contributed by atoms with E-state index in [0.29, 0.717) is 19.1 Å². The Morgan fingerprint density at radius 3 is 2.87 bits per heavy atom. The number of rotatable bonds is 6. The third-order valence-corrected chi connectivity index (χ3v) is 4.60. The number of piperidine rings is 1. The summed E-state index contributed by atoms with van der Waals surface area (Å²) in [5, 5.41) is 14.4. The van der Waals surface area contributed by atoms with E-state index in [0.717, 1.165) is 13.1 Å². The van der Waals surface area contributed by atoms with Gasteiger partial charge in [-0.15, -0.1) is 0 Å². The van der Waals surface area contributed by atoms with Crippen LogP contribution in [0.3, 0.4) is 0 Å². The van der Waals surface area contributed by atoms with Crippen molar-refractivity contribution in [1.82, 2.24) is 14.7 Å². The second-order valence-corrected chi connectivity index (χ2v) is 6.40. The first kappa shape index (κ1) is 16.0. The fraction of sp³-hybridized carbons (Fsp3) is 0.500. The summed E-state index contributed by atoms with van der Waals surface area (Å²) >= 11 is 0. The van der Waals surface area contributed by atoms with Crippen LogP contribution in [-0.2, 0) is 6.54 Å². The lowest BCUT2D eigenvalue weighted by molar-refractivity contribution is 0.0835. The van der Waals surface area contributed by atoms with Crippen molar-refractivity contribution in [3.8, 4) is 0 Å². The highest BCUT2D eigenvalue weighted by molar-refractivity contribution is 5.46. The van der Waals surface area contributed by atoms with Crippen molar-refractivity contribution in [2.75, 3.05) is 31.6 Å². The smallest absolute Gasteiger partial charge is 0.0862 e. The minimum atomic E-state index is -0.396. The van der Waals surface area contributed by atoms with Gasteiger partial charge in [-0.3, -0.25) is 9.58 Å². The summed E-state index contributed by atoms with van der Waals surface area (Å²) in [5.41, 5.74) is 1.29. The van der Waals surface area contributed by atoms with Crippen LogP contribution in [0.1, 0.15) is 12.8 Å². The normalized spacial score (nSPS) is 20.0. The zero-order valence-electron chi connectivity index (χ0n) is 13.8. The zero-order valence-corrected chi connectivity index (χ0v) is 13.8. The predicted octanol–water partition coefficient (Wildman–Crippen LogP) is 1.84. The Morgan fingerprint density at radius 1 is 1.30 bits per heavy atom. The molecule has 5 nitrogen and oxygen atoms in total. The van der Waals surface area contributed by atoms with E-state index < -0.39 is 6.10 Å². The van der Waals surface area contributed by atoms with Crippen LogP contribution < -0.4 is 4.90 Å². The summed E-state index contributed by atoms with van der Waals surface area (Å²) in [6.07, 6.45) is 5.62. The third kappa shape index (κ3) is 4.33.